The number of carbonyl (C=O) groups excluding carboxylic acids is 1. The maximum Gasteiger partial charge on any atom is 0.224 e. The summed E-state index contributed by atoms with van der Waals surface area (Å²) in [6.07, 6.45) is 6.32. The average molecular weight is 352 g/mol. The molecule has 3 aromatic rings. The van der Waals surface area contributed by atoms with Crippen molar-refractivity contribution in [3.05, 3.63) is 64.9 Å². The highest BCUT2D eigenvalue weighted by Gasteiger charge is 2.14. The van der Waals surface area contributed by atoms with Crippen molar-refractivity contribution in [3.63, 3.8) is 0 Å². The minimum Gasteiger partial charge on any atom is -0.327 e. The smallest absolute Gasteiger partial charge is 0.224 e. The van der Waals surface area contributed by atoms with Crippen molar-refractivity contribution in [2.75, 3.05) is 6.54 Å². The summed E-state index contributed by atoms with van der Waals surface area (Å²) in [6.45, 7) is 0.610. The van der Waals surface area contributed by atoms with Crippen molar-refractivity contribution in [2.45, 2.75) is 19.4 Å². The largest absolute Gasteiger partial charge is 0.327 e. The van der Waals surface area contributed by atoms with Crippen LogP contribution < -0.4 is 0 Å². The van der Waals surface area contributed by atoms with E-state index in [1.165, 1.54) is 12.1 Å². The number of aromatic nitrogens is 1. The first-order valence-electron chi connectivity index (χ1n) is 7.96. The van der Waals surface area contributed by atoms with Gasteiger partial charge in [0.2, 0.25) is 5.91 Å². The molecule has 0 N–H and O–H groups in total. The molecule has 2 aromatic carbocycles. The molecule has 0 spiro atoms. The summed E-state index contributed by atoms with van der Waals surface area (Å²) >= 11 is 1.61. The zero-order valence-electron chi connectivity index (χ0n) is 13.6. The van der Waals surface area contributed by atoms with Crippen LogP contribution in [0, 0.1) is 18.2 Å². The lowest BCUT2D eigenvalue weighted by Gasteiger charge is -2.20. The van der Waals surface area contributed by atoms with E-state index in [2.05, 4.69) is 10.9 Å². The van der Waals surface area contributed by atoms with Gasteiger partial charge < -0.3 is 4.90 Å². The molecule has 1 amide bonds. The number of para-hydroxylation sites is 1. The summed E-state index contributed by atoms with van der Waals surface area (Å²) < 4.78 is 14.1. The van der Waals surface area contributed by atoms with Crippen LogP contribution in [0.1, 0.15) is 17.0 Å². The Hall–Kier alpha value is -2.71. The van der Waals surface area contributed by atoms with E-state index in [9.17, 15) is 9.18 Å². The van der Waals surface area contributed by atoms with Gasteiger partial charge in [-0.1, -0.05) is 30.2 Å². The lowest BCUT2D eigenvalue weighted by Crippen LogP contribution is -2.31. The molecule has 0 saturated carbocycles. The number of benzene rings is 2. The molecule has 5 heteroatoms. The summed E-state index contributed by atoms with van der Waals surface area (Å²) in [4.78, 5) is 18.7. The van der Waals surface area contributed by atoms with Crippen LogP contribution in [-0.2, 0) is 17.8 Å². The molecule has 0 atom stereocenters. The summed E-state index contributed by atoms with van der Waals surface area (Å²) in [5, 5.41) is 0.942. The Labute approximate surface area is 150 Å². The van der Waals surface area contributed by atoms with Gasteiger partial charge in [0.15, 0.2) is 0 Å². The van der Waals surface area contributed by atoms with Crippen LogP contribution in [0.25, 0.3) is 10.2 Å². The standard InChI is InChI=1S/C20H17FN2OS/c1-2-13-23(14-15-7-9-16(21)10-8-15)20(24)12-11-19-22-17-5-3-4-6-18(17)25-19/h1,3-10H,11-14H2. The third-order valence-electron chi connectivity index (χ3n) is 3.81. The zero-order chi connectivity index (χ0) is 17.6. The molecule has 0 saturated heterocycles. The third-order valence-corrected chi connectivity index (χ3v) is 4.91. The van der Waals surface area contributed by atoms with Gasteiger partial charge in [0.25, 0.3) is 0 Å². The number of terminal acetylenes is 1. The van der Waals surface area contributed by atoms with E-state index in [-0.39, 0.29) is 18.3 Å². The molecule has 0 bridgehead atoms. The quantitative estimate of drug-likeness (QED) is 0.628. The monoisotopic (exact) mass is 352 g/mol. The van der Waals surface area contributed by atoms with Gasteiger partial charge in [-0.25, -0.2) is 9.37 Å². The molecule has 3 nitrogen and oxygen atoms in total. The Kier molecular flexibility index (Phi) is 5.42. The fraction of sp³-hybridized carbons (Fsp3) is 0.200. The number of carbonyl (C=O) groups is 1. The lowest BCUT2D eigenvalue weighted by atomic mass is 10.2. The van der Waals surface area contributed by atoms with Crippen LogP contribution >= 0.6 is 11.3 Å². The molecule has 0 unspecified atom stereocenters. The number of thiazole rings is 1. The second-order valence-electron chi connectivity index (χ2n) is 5.66. The minimum absolute atomic E-state index is 0.0264. The number of hydrogen-bond acceptors (Lipinski definition) is 3. The first-order valence-corrected chi connectivity index (χ1v) is 8.77. The van der Waals surface area contributed by atoms with Gasteiger partial charge in [0.1, 0.15) is 5.82 Å². The minimum atomic E-state index is -0.297. The van der Waals surface area contributed by atoms with Crippen LogP contribution in [0.2, 0.25) is 0 Å². The van der Waals surface area contributed by atoms with Crippen molar-refractivity contribution in [1.29, 1.82) is 0 Å². The summed E-state index contributed by atoms with van der Waals surface area (Å²) in [5.74, 6) is 2.19. The van der Waals surface area contributed by atoms with Crippen LogP contribution in [0.4, 0.5) is 4.39 Å². The highest BCUT2D eigenvalue weighted by Crippen LogP contribution is 2.22. The molecule has 0 radical (unpaired) electrons. The molecule has 1 heterocycles. The van der Waals surface area contributed by atoms with Crippen molar-refractivity contribution in [2.24, 2.45) is 0 Å². The number of nitrogens with zero attached hydrogens (tertiary/aromatic N) is 2. The molecule has 3 rings (SSSR count). The predicted molar refractivity (Wildman–Crippen MR) is 98.6 cm³/mol. The van der Waals surface area contributed by atoms with Gasteiger partial charge in [0.05, 0.1) is 21.8 Å². The number of rotatable bonds is 6. The highest BCUT2D eigenvalue weighted by atomic mass is 32.1. The maximum atomic E-state index is 13.0. The van der Waals surface area contributed by atoms with E-state index < -0.39 is 0 Å². The van der Waals surface area contributed by atoms with E-state index in [1.807, 2.05) is 24.3 Å². The first-order chi connectivity index (χ1) is 12.2. The zero-order valence-corrected chi connectivity index (χ0v) is 14.4. The predicted octanol–water partition coefficient (Wildman–Crippen LogP) is 4.03. The molecule has 0 aliphatic carbocycles. The number of halogens is 1. The Morgan fingerprint density at radius 3 is 2.68 bits per heavy atom. The third kappa shape index (κ3) is 4.43. The first kappa shape index (κ1) is 17.1. The van der Waals surface area contributed by atoms with Crippen molar-refractivity contribution in [3.8, 4) is 12.3 Å². The van der Waals surface area contributed by atoms with Crippen molar-refractivity contribution >= 4 is 27.5 Å². The van der Waals surface area contributed by atoms with Crippen molar-refractivity contribution in [1.82, 2.24) is 9.88 Å². The second-order valence-corrected chi connectivity index (χ2v) is 6.77. The number of fused-ring (bicyclic) bond motifs is 1. The Morgan fingerprint density at radius 2 is 1.96 bits per heavy atom. The van der Waals surface area contributed by atoms with Gasteiger partial charge in [-0.05, 0) is 29.8 Å². The molecular formula is C20H17FN2OS. The summed E-state index contributed by atoms with van der Waals surface area (Å²) in [7, 11) is 0. The Bertz CT molecular complexity index is 878. The SMILES string of the molecule is C#CCN(Cc1ccc(F)cc1)C(=O)CCc1nc2ccccc2s1. The number of hydrogen-bond donors (Lipinski definition) is 0. The van der Waals surface area contributed by atoms with Crippen LogP contribution in [0.15, 0.2) is 48.5 Å². The summed E-state index contributed by atoms with van der Waals surface area (Å²) in [6, 6.07) is 14.0. The van der Waals surface area contributed by atoms with Gasteiger partial charge in [0, 0.05) is 19.4 Å². The van der Waals surface area contributed by atoms with Gasteiger partial charge in [-0.3, -0.25) is 4.79 Å². The lowest BCUT2D eigenvalue weighted by molar-refractivity contribution is -0.131. The van der Waals surface area contributed by atoms with Crippen molar-refractivity contribution < 1.29 is 9.18 Å². The van der Waals surface area contributed by atoms with Gasteiger partial charge in [-0.15, -0.1) is 17.8 Å². The molecule has 0 aliphatic rings. The molecule has 25 heavy (non-hydrogen) atoms. The van der Waals surface area contributed by atoms with E-state index in [4.69, 9.17) is 6.42 Å². The van der Waals surface area contributed by atoms with E-state index in [1.54, 1.807) is 28.4 Å². The van der Waals surface area contributed by atoms with Crippen LogP contribution in [-0.4, -0.2) is 22.3 Å². The van der Waals surface area contributed by atoms with E-state index in [0.717, 1.165) is 20.8 Å². The topological polar surface area (TPSA) is 33.2 Å². The molecule has 0 fully saturated rings. The number of amides is 1. The van der Waals surface area contributed by atoms with Crippen LogP contribution in [0.5, 0.6) is 0 Å². The Morgan fingerprint density at radius 1 is 1.20 bits per heavy atom. The fourth-order valence-electron chi connectivity index (χ4n) is 2.55. The normalized spacial score (nSPS) is 10.6. The molecule has 0 aliphatic heterocycles. The second kappa shape index (κ2) is 7.91. The van der Waals surface area contributed by atoms with E-state index >= 15 is 0 Å². The molecular weight excluding hydrogens is 335 g/mol. The fourth-order valence-corrected chi connectivity index (χ4v) is 3.52. The highest BCUT2D eigenvalue weighted by molar-refractivity contribution is 7.18. The Balaban J connectivity index is 1.64. The van der Waals surface area contributed by atoms with Crippen LogP contribution in [0.3, 0.4) is 0 Å². The molecule has 1 aromatic heterocycles. The van der Waals surface area contributed by atoms with E-state index in [0.29, 0.717) is 19.4 Å². The van der Waals surface area contributed by atoms with Gasteiger partial charge in [-0.2, -0.15) is 0 Å². The maximum absolute atomic E-state index is 13.0. The molecule has 126 valence electrons. The number of aryl methyl sites for hydroxylation is 1. The summed E-state index contributed by atoms with van der Waals surface area (Å²) in [5.41, 5.74) is 1.81. The van der Waals surface area contributed by atoms with Gasteiger partial charge >= 0.3 is 0 Å². The average Bonchev–Trinajstić information content (AvgIpc) is 3.04.